The fraction of sp³-hybridized carbons (Fsp3) is 0.400. The Kier molecular flexibility index (Phi) is 5.37. The molecule has 0 aliphatic heterocycles. The van der Waals surface area contributed by atoms with Crippen LogP contribution in [0.5, 0.6) is 0 Å². The second kappa shape index (κ2) is 6.36. The van der Waals surface area contributed by atoms with Gasteiger partial charge in [-0.25, -0.2) is 13.4 Å². The van der Waals surface area contributed by atoms with Gasteiger partial charge in [-0.3, -0.25) is 4.79 Å². The highest BCUT2D eigenvalue weighted by Gasteiger charge is 2.13. The molecular weight excluding hydrogens is 299 g/mol. The largest absolute Gasteiger partial charge is 0.351 e. The molecule has 1 rings (SSSR count). The van der Waals surface area contributed by atoms with Crippen molar-refractivity contribution in [2.45, 2.75) is 6.92 Å². The van der Waals surface area contributed by atoms with Gasteiger partial charge in [0, 0.05) is 18.5 Å². The molecule has 1 N–H and O–H groups in total. The summed E-state index contributed by atoms with van der Waals surface area (Å²) in [4.78, 5) is 15.4. The van der Waals surface area contributed by atoms with Crippen LogP contribution in [0.15, 0.2) is 12.3 Å². The highest BCUT2D eigenvalue weighted by molar-refractivity contribution is 7.91. The summed E-state index contributed by atoms with van der Waals surface area (Å²) in [6.45, 7) is 1.59. The molecule has 18 heavy (non-hydrogen) atoms. The number of aromatic nitrogens is 1. The third-order valence-electron chi connectivity index (χ3n) is 2.21. The van der Waals surface area contributed by atoms with Crippen molar-refractivity contribution in [3.63, 3.8) is 0 Å². The highest BCUT2D eigenvalue weighted by atomic mass is 35.5. The van der Waals surface area contributed by atoms with Gasteiger partial charge in [0.15, 0.2) is 9.84 Å². The van der Waals surface area contributed by atoms with E-state index in [4.69, 9.17) is 23.2 Å². The number of hydrogen-bond acceptors (Lipinski definition) is 4. The molecule has 0 spiro atoms. The fourth-order valence-electron chi connectivity index (χ4n) is 1.15. The zero-order chi connectivity index (χ0) is 13.8. The van der Waals surface area contributed by atoms with Gasteiger partial charge in [0.05, 0.1) is 16.3 Å². The predicted molar refractivity (Wildman–Crippen MR) is 70.9 cm³/mol. The Bertz CT molecular complexity index is 546. The molecule has 0 saturated carbocycles. The van der Waals surface area contributed by atoms with E-state index in [2.05, 4.69) is 10.3 Å². The van der Waals surface area contributed by atoms with E-state index in [1.165, 1.54) is 12.3 Å². The smallest absolute Gasteiger partial charge is 0.252 e. The molecule has 0 aromatic carbocycles. The van der Waals surface area contributed by atoms with E-state index in [9.17, 15) is 13.2 Å². The average molecular weight is 311 g/mol. The SMILES string of the molecule is CCS(=O)(=O)CCNC(=O)c1cc(Cl)ncc1Cl. The van der Waals surface area contributed by atoms with Crippen molar-refractivity contribution in [1.29, 1.82) is 0 Å². The van der Waals surface area contributed by atoms with Gasteiger partial charge in [-0.1, -0.05) is 30.1 Å². The zero-order valence-electron chi connectivity index (χ0n) is 9.61. The lowest BCUT2D eigenvalue weighted by atomic mass is 10.2. The van der Waals surface area contributed by atoms with Crippen LogP contribution in [0.3, 0.4) is 0 Å². The maximum Gasteiger partial charge on any atom is 0.252 e. The molecule has 1 aromatic heterocycles. The lowest BCUT2D eigenvalue weighted by Gasteiger charge is -2.06. The van der Waals surface area contributed by atoms with Gasteiger partial charge >= 0.3 is 0 Å². The number of pyridine rings is 1. The number of amides is 1. The molecule has 0 unspecified atom stereocenters. The highest BCUT2D eigenvalue weighted by Crippen LogP contribution is 2.17. The fourth-order valence-corrected chi connectivity index (χ4v) is 2.20. The molecule has 0 radical (unpaired) electrons. The van der Waals surface area contributed by atoms with E-state index in [-0.39, 0.29) is 33.8 Å². The maximum atomic E-state index is 11.7. The standard InChI is InChI=1S/C10H12Cl2N2O3S/c1-2-18(16,17)4-3-13-10(15)7-5-9(12)14-6-8(7)11/h5-6H,2-4H2,1H3,(H,13,15). The molecule has 0 aliphatic rings. The number of rotatable bonds is 5. The van der Waals surface area contributed by atoms with Crippen LogP contribution < -0.4 is 5.32 Å². The Labute approximate surface area is 115 Å². The lowest BCUT2D eigenvalue weighted by Crippen LogP contribution is -2.29. The Morgan fingerprint density at radius 2 is 2.11 bits per heavy atom. The van der Waals surface area contributed by atoms with E-state index >= 15 is 0 Å². The van der Waals surface area contributed by atoms with Crippen LogP contribution in [0.2, 0.25) is 10.2 Å². The minimum absolute atomic E-state index is 0.0330. The molecule has 1 heterocycles. The third kappa shape index (κ3) is 4.44. The monoisotopic (exact) mass is 310 g/mol. The van der Waals surface area contributed by atoms with Crippen LogP contribution in [-0.2, 0) is 9.84 Å². The van der Waals surface area contributed by atoms with Crippen LogP contribution >= 0.6 is 23.2 Å². The van der Waals surface area contributed by atoms with E-state index in [1.54, 1.807) is 6.92 Å². The number of halogens is 2. The summed E-state index contributed by atoms with van der Waals surface area (Å²) in [7, 11) is -3.10. The van der Waals surface area contributed by atoms with Crippen LogP contribution in [0, 0.1) is 0 Å². The Hall–Kier alpha value is -0.850. The lowest BCUT2D eigenvalue weighted by molar-refractivity contribution is 0.0956. The Morgan fingerprint density at radius 3 is 2.72 bits per heavy atom. The second-order valence-electron chi connectivity index (χ2n) is 3.48. The van der Waals surface area contributed by atoms with Crippen LogP contribution in [0.1, 0.15) is 17.3 Å². The van der Waals surface area contributed by atoms with Crippen molar-refractivity contribution in [2.24, 2.45) is 0 Å². The molecule has 1 amide bonds. The first-order valence-corrected chi connectivity index (χ1v) is 7.73. The molecule has 8 heteroatoms. The van der Waals surface area contributed by atoms with Gasteiger partial charge in [0.1, 0.15) is 5.15 Å². The van der Waals surface area contributed by atoms with E-state index in [1.807, 2.05) is 0 Å². The van der Waals surface area contributed by atoms with Crippen LogP contribution in [0.25, 0.3) is 0 Å². The van der Waals surface area contributed by atoms with Gasteiger partial charge in [0.25, 0.3) is 5.91 Å². The average Bonchev–Trinajstić information content (AvgIpc) is 2.32. The molecule has 0 saturated heterocycles. The first-order valence-electron chi connectivity index (χ1n) is 5.15. The molecule has 5 nitrogen and oxygen atoms in total. The third-order valence-corrected chi connectivity index (χ3v) is 4.42. The molecule has 0 fully saturated rings. The van der Waals surface area contributed by atoms with E-state index < -0.39 is 15.7 Å². The molecule has 1 aromatic rings. The van der Waals surface area contributed by atoms with Gasteiger partial charge in [0.2, 0.25) is 0 Å². The molecule has 100 valence electrons. The zero-order valence-corrected chi connectivity index (χ0v) is 11.9. The maximum absolute atomic E-state index is 11.7. The van der Waals surface area contributed by atoms with Crippen LogP contribution in [0.4, 0.5) is 0 Å². The Balaban J connectivity index is 2.64. The predicted octanol–water partition coefficient (Wildman–Crippen LogP) is 1.55. The summed E-state index contributed by atoms with van der Waals surface area (Å²) < 4.78 is 22.5. The Morgan fingerprint density at radius 1 is 1.44 bits per heavy atom. The van der Waals surface area contributed by atoms with Crippen molar-refractivity contribution in [1.82, 2.24) is 10.3 Å². The van der Waals surface area contributed by atoms with Crippen molar-refractivity contribution in [2.75, 3.05) is 18.1 Å². The van der Waals surface area contributed by atoms with Crippen LogP contribution in [-0.4, -0.2) is 37.4 Å². The number of hydrogen-bond donors (Lipinski definition) is 1. The summed E-state index contributed by atoms with van der Waals surface area (Å²) in [6.07, 6.45) is 1.27. The number of carbonyl (C=O) groups is 1. The topological polar surface area (TPSA) is 76.1 Å². The van der Waals surface area contributed by atoms with Crippen molar-refractivity contribution in [3.05, 3.63) is 28.0 Å². The van der Waals surface area contributed by atoms with Gasteiger partial charge in [-0.05, 0) is 6.07 Å². The molecular formula is C10H12Cl2N2O3S. The van der Waals surface area contributed by atoms with Crippen molar-refractivity contribution in [3.8, 4) is 0 Å². The molecule has 0 aliphatic carbocycles. The van der Waals surface area contributed by atoms with Crippen molar-refractivity contribution < 1.29 is 13.2 Å². The quantitative estimate of drug-likeness (QED) is 0.837. The summed E-state index contributed by atoms with van der Waals surface area (Å²) >= 11 is 11.4. The number of sulfone groups is 1. The van der Waals surface area contributed by atoms with Gasteiger partial charge in [-0.15, -0.1) is 0 Å². The van der Waals surface area contributed by atoms with Gasteiger partial charge in [-0.2, -0.15) is 0 Å². The second-order valence-corrected chi connectivity index (χ2v) is 6.75. The number of nitrogens with one attached hydrogen (secondary N) is 1. The summed E-state index contributed by atoms with van der Waals surface area (Å²) in [6, 6.07) is 1.33. The van der Waals surface area contributed by atoms with Gasteiger partial charge < -0.3 is 5.32 Å². The van der Waals surface area contributed by atoms with E-state index in [0.717, 1.165) is 0 Å². The first-order chi connectivity index (χ1) is 8.35. The first kappa shape index (κ1) is 15.2. The van der Waals surface area contributed by atoms with Crippen molar-refractivity contribution >= 4 is 38.9 Å². The summed E-state index contributed by atoms with van der Waals surface area (Å²) in [5.41, 5.74) is 0.172. The molecule has 0 bridgehead atoms. The summed E-state index contributed by atoms with van der Waals surface area (Å²) in [5.74, 6) is -0.535. The minimum atomic E-state index is -3.10. The van der Waals surface area contributed by atoms with E-state index in [0.29, 0.717) is 0 Å². The molecule has 0 atom stereocenters. The minimum Gasteiger partial charge on any atom is -0.351 e. The number of carbonyl (C=O) groups excluding carboxylic acids is 1. The number of nitrogens with zero attached hydrogens (tertiary/aromatic N) is 1. The normalized spacial score (nSPS) is 11.3. The summed E-state index contributed by atoms with van der Waals surface area (Å²) in [5, 5.41) is 2.77.